The van der Waals surface area contributed by atoms with Crippen molar-refractivity contribution in [1.29, 1.82) is 0 Å². The van der Waals surface area contributed by atoms with E-state index < -0.39 is 0 Å². The first-order valence-corrected chi connectivity index (χ1v) is 5.80. The largest absolute Gasteiger partial charge is 0.399 e. The molecule has 86 valence electrons. The minimum absolute atomic E-state index is 0.111. The number of carbonyl (C=O) groups excluding carboxylic acids is 1. The van der Waals surface area contributed by atoms with Gasteiger partial charge in [0.1, 0.15) is 0 Å². The van der Waals surface area contributed by atoms with E-state index in [9.17, 15) is 4.79 Å². The molecule has 0 spiro atoms. The van der Waals surface area contributed by atoms with Crippen LogP contribution >= 0.6 is 0 Å². The van der Waals surface area contributed by atoms with Crippen LogP contribution in [0.2, 0.25) is 0 Å². The number of nitrogens with zero attached hydrogens (tertiary/aromatic N) is 1. The van der Waals surface area contributed by atoms with Gasteiger partial charge in [-0.05, 0) is 50.5 Å². The molecule has 1 aromatic rings. The van der Waals surface area contributed by atoms with E-state index in [0.717, 1.165) is 24.9 Å². The molecule has 0 aromatic heterocycles. The quantitative estimate of drug-likeness (QED) is 0.790. The van der Waals surface area contributed by atoms with Crippen molar-refractivity contribution in [3.8, 4) is 0 Å². The number of benzene rings is 1. The molecule has 16 heavy (non-hydrogen) atoms. The van der Waals surface area contributed by atoms with Gasteiger partial charge in [0.2, 0.25) is 0 Å². The second kappa shape index (κ2) is 4.16. The van der Waals surface area contributed by atoms with E-state index in [4.69, 9.17) is 5.73 Å². The van der Waals surface area contributed by atoms with Crippen molar-refractivity contribution in [3.63, 3.8) is 0 Å². The van der Waals surface area contributed by atoms with Gasteiger partial charge < -0.3 is 10.6 Å². The van der Waals surface area contributed by atoms with Gasteiger partial charge >= 0.3 is 0 Å². The third-order valence-electron chi connectivity index (χ3n) is 2.94. The van der Waals surface area contributed by atoms with E-state index in [2.05, 4.69) is 0 Å². The van der Waals surface area contributed by atoms with Gasteiger partial charge in [-0.2, -0.15) is 0 Å². The summed E-state index contributed by atoms with van der Waals surface area (Å²) in [7, 11) is 0. The highest BCUT2D eigenvalue weighted by atomic mass is 16.2. The molecule has 3 nitrogen and oxygen atoms in total. The van der Waals surface area contributed by atoms with Crippen LogP contribution in [0.5, 0.6) is 0 Å². The van der Waals surface area contributed by atoms with E-state index in [0.29, 0.717) is 17.3 Å². The number of rotatable bonds is 3. The van der Waals surface area contributed by atoms with Crippen LogP contribution in [0, 0.1) is 6.92 Å². The molecule has 1 aliphatic rings. The normalized spacial score (nSPS) is 14.9. The molecule has 2 N–H and O–H groups in total. The monoisotopic (exact) mass is 218 g/mol. The topological polar surface area (TPSA) is 46.3 Å². The van der Waals surface area contributed by atoms with E-state index in [-0.39, 0.29) is 5.91 Å². The predicted octanol–water partition coefficient (Wildman–Crippen LogP) is 2.20. The first kappa shape index (κ1) is 11.0. The van der Waals surface area contributed by atoms with Crippen LogP contribution in [0.4, 0.5) is 5.69 Å². The smallest absolute Gasteiger partial charge is 0.254 e. The summed E-state index contributed by atoms with van der Waals surface area (Å²) >= 11 is 0. The lowest BCUT2D eigenvalue weighted by atomic mass is 10.1. The Bertz CT molecular complexity index is 390. The molecular weight excluding hydrogens is 200 g/mol. The van der Waals surface area contributed by atoms with E-state index in [1.54, 1.807) is 6.07 Å². The number of hydrogen-bond donors (Lipinski definition) is 1. The van der Waals surface area contributed by atoms with Crippen molar-refractivity contribution >= 4 is 11.6 Å². The van der Waals surface area contributed by atoms with Crippen molar-refractivity contribution in [1.82, 2.24) is 4.90 Å². The highest BCUT2D eigenvalue weighted by Gasteiger charge is 2.31. The Labute approximate surface area is 96.2 Å². The van der Waals surface area contributed by atoms with Gasteiger partial charge in [-0.1, -0.05) is 0 Å². The first-order valence-electron chi connectivity index (χ1n) is 5.80. The van der Waals surface area contributed by atoms with Crippen LogP contribution in [0.3, 0.4) is 0 Å². The number of aryl methyl sites for hydroxylation is 1. The van der Waals surface area contributed by atoms with Gasteiger partial charge in [-0.15, -0.1) is 0 Å². The summed E-state index contributed by atoms with van der Waals surface area (Å²) in [5.74, 6) is 0.111. The number of anilines is 1. The van der Waals surface area contributed by atoms with Crippen LogP contribution < -0.4 is 5.73 Å². The Kier molecular flexibility index (Phi) is 2.86. The predicted molar refractivity (Wildman–Crippen MR) is 65.3 cm³/mol. The average molecular weight is 218 g/mol. The van der Waals surface area contributed by atoms with E-state index in [1.807, 2.05) is 30.9 Å². The molecule has 0 atom stereocenters. The second-order valence-corrected chi connectivity index (χ2v) is 4.45. The average Bonchev–Trinajstić information content (AvgIpc) is 3.01. The summed E-state index contributed by atoms with van der Waals surface area (Å²) in [6.07, 6.45) is 2.28. The zero-order valence-electron chi connectivity index (χ0n) is 9.86. The highest BCUT2D eigenvalue weighted by Crippen LogP contribution is 2.28. The van der Waals surface area contributed by atoms with E-state index in [1.165, 1.54) is 0 Å². The molecular formula is C13H18N2O. The van der Waals surface area contributed by atoms with Crippen LogP contribution in [0.25, 0.3) is 0 Å². The molecule has 1 fully saturated rings. The third kappa shape index (κ3) is 2.18. The van der Waals surface area contributed by atoms with Crippen LogP contribution in [-0.4, -0.2) is 23.4 Å². The lowest BCUT2D eigenvalue weighted by Gasteiger charge is -2.20. The Morgan fingerprint density at radius 2 is 2.12 bits per heavy atom. The lowest BCUT2D eigenvalue weighted by Crippen LogP contribution is -2.32. The molecule has 0 heterocycles. The number of amides is 1. The van der Waals surface area contributed by atoms with Crippen molar-refractivity contribution in [2.24, 2.45) is 0 Å². The van der Waals surface area contributed by atoms with Crippen LogP contribution in [-0.2, 0) is 0 Å². The number of nitrogen functional groups attached to an aromatic ring is 1. The molecule has 0 radical (unpaired) electrons. The summed E-state index contributed by atoms with van der Waals surface area (Å²) < 4.78 is 0. The third-order valence-corrected chi connectivity index (χ3v) is 2.94. The molecule has 3 heteroatoms. The fourth-order valence-electron chi connectivity index (χ4n) is 2.06. The van der Waals surface area contributed by atoms with Crippen molar-refractivity contribution in [2.45, 2.75) is 32.7 Å². The fourth-order valence-corrected chi connectivity index (χ4v) is 2.06. The second-order valence-electron chi connectivity index (χ2n) is 4.45. The molecule has 0 bridgehead atoms. The van der Waals surface area contributed by atoms with Gasteiger partial charge in [0.25, 0.3) is 5.91 Å². The Morgan fingerprint density at radius 3 is 2.62 bits per heavy atom. The van der Waals surface area contributed by atoms with Crippen molar-refractivity contribution in [2.75, 3.05) is 12.3 Å². The van der Waals surface area contributed by atoms with E-state index >= 15 is 0 Å². The summed E-state index contributed by atoms with van der Waals surface area (Å²) in [6, 6.07) is 6.01. The number of nitrogens with two attached hydrogens (primary N) is 1. The van der Waals surface area contributed by atoms with Crippen molar-refractivity contribution < 1.29 is 4.79 Å². The first-order chi connectivity index (χ1) is 7.61. The Hall–Kier alpha value is -1.51. The Morgan fingerprint density at radius 1 is 1.44 bits per heavy atom. The number of carbonyl (C=O) groups is 1. The molecule has 0 saturated heterocycles. The van der Waals surface area contributed by atoms with Gasteiger partial charge in [0, 0.05) is 23.8 Å². The maximum atomic E-state index is 12.2. The number of hydrogen-bond acceptors (Lipinski definition) is 2. The maximum Gasteiger partial charge on any atom is 0.254 e. The molecule has 1 saturated carbocycles. The lowest BCUT2D eigenvalue weighted by molar-refractivity contribution is 0.0752. The Balaban J connectivity index is 2.24. The molecule has 1 aromatic carbocycles. The molecule has 2 rings (SSSR count). The van der Waals surface area contributed by atoms with Gasteiger partial charge in [-0.3, -0.25) is 4.79 Å². The van der Waals surface area contributed by atoms with Gasteiger partial charge in [0.15, 0.2) is 0 Å². The minimum atomic E-state index is 0.111. The van der Waals surface area contributed by atoms with Gasteiger partial charge in [-0.25, -0.2) is 0 Å². The fraction of sp³-hybridized carbons (Fsp3) is 0.462. The maximum absolute atomic E-state index is 12.2. The van der Waals surface area contributed by atoms with Gasteiger partial charge in [0.05, 0.1) is 0 Å². The summed E-state index contributed by atoms with van der Waals surface area (Å²) in [5.41, 5.74) is 8.17. The minimum Gasteiger partial charge on any atom is -0.399 e. The summed E-state index contributed by atoms with van der Waals surface area (Å²) in [4.78, 5) is 14.2. The van der Waals surface area contributed by atoms with Crippen LogP contribution in [0.1, 0.15) is 35.7 Å². The zero-order chi connectivity index (χ0) is 11.7. The zero-order valence-corrected chi connectivity index (χ0v) is 9.86. The molecule has 0 unspecified atom stereocenters. The summed E-state index contributed by atoms with van der Waals surface area (Å²) in [6.45, 7) is 4.76. The standard InChI is InChI=1S/C13H18N2O/c1-3-15(12-4-5-12)13(16)10-6-9(2)7-11(14)8-10/h6-8,12H,3-5,14H2,1-2H3. The van der Waals surface area contributed by atoms with Crippen molar-refractivity contribution in [3.05, 3.63) is 29.3 Å². The van der Waals surface area contributed by atoms with Crippen LogP contribution in [0.15, 0.2) is 18.2 Å². The molecule has 1 aliphatic carbocycles. The molecule has 0 aliphatic heterocycles. The SMILES string of the molecule is CCN(C(=O)c1cc(C)cc(N)c1)C1CC1. The molecule has 1 amide bonds. The highest BCUT2D eigenvalue weighted by molar-refractivity contribution is 5.95. The summed E-state index contributed by atoms with van der Waals surface area (Å²) in [5, 5.41) is 0.